The molecular formula is C13H18BrFN2OS. The Kier molecular flexibility index (Phi) is 4.26. The number of nitrogens with zero attached hydrogens (tertiary/aromatic N) is 1. The number of hydrogen-bond acceptors (Lipinski definition) is 3. The highest BCUT2D eigenvalue weighted by molar-refractivity contribution is 9.10. The molecule has 1 aromatic heterocycles. The number of rotatable bonds is 3. The second kappa shape index (κ2) is 5.31. The average molecular weight is 349 g/mol. The Balaban J connectivity index is 2.28. The van der Waals surface area contributed by atoms with E-state index in [1.807, 2.05) is 20.8 Å². The lowest BCUT2D eigenvalue weighted by molar-refractivity contribution is 0.208. The molecule has 0 saturated heterocycles. The SMILES string of the molecule is CC(C)(C)[S+]([O-])NC1(c2ncc(Br)cc2F)CCC1. The van der Waals surface area contributed by atoms with E-state index < -0.39 is 16.9 Å². The summed E-state index contributed by atoms with van der Waals surface area (Å²) in [5.74, 6) is -0.354. The lowest BCUT2D eigenvalue weighted by atomic mass is 9.75. The summed E-state index contributed by atoms with van der Waals surface area (Å²) >= 11 is 1.96. The van der Waals surface area contributed by atoms with Crippen LogP contribution in [-0.2, 0) is 16.9 Å². The van der Waals surface area contributed by atoms with E-state index in [0.29, 0.717) is 10.2 Å². The smallest absolute Gasteiger partial charge is 0.147 e. The molecule has 1 heterocycles. The summed E-state index contributed by atoms with van der Waals surface area (Å²) in [7, 11) is 0. The van der Waals surface area contributed by atoms with E-state index in [-0.39, 0.29) is 10.6 Å². The van der Waals surface area contributed by atoms with Crippen LogP contribution in [0.5, 0.6) is 0 Å². The second-order valence-corrected chi connectivity index (χ2v) is 8.78. The predicted octanol–water partition coefficient (Wildman–Crippen LogP) is 3.41. The van der Waals surface area contributed by atoms with Crippen LogP contribution >= 0.6 is 15.9 Å². The molecule has 106 valence electrons. The van der Waals surface area contributed by atoms with E-state index in [2.05, 4.69) is 25.6 Å². The van der Waals surface area contributed by atoms with Crippen LogP contribution in [0, 0.1) is 5.82 Å². The first-order valence-electron chi connectivity index (χ1n) is 6.26. The third kappa shape index (κ3) is 3.12. The van der Waals surface area contributed by atoms with Gasteiger partial charge < -0.3 is 4.55 Å². The van der Waals surface area contributed by atoms with E-state index in [1.54, 1.807) is 6.20 Å². The standard InChI is InChI=1S/C13H18BrFN2OS/c1-12(2,3)19(18)17-13(5-4-6-13)11-10(15)7-9(14)8-16-11/h7-8,17H,4-6H2,1-3H3. The zero-order valence-corrected chi connectivity index (χ0v) is 13.7. The van der Waals surface area contributed by atoms with Crippen molar-refractivity contribution in [3.05, 3.63) is 28.2 Å². The highest BCUT2D eigenvalue weighted by Gasteiger charge is 2.47. The van der Waals surface area contributed by atoms with Crippen LogP contribution in [0.25, 0.3) is 0 Å². The van der Waals surface area contributed by atoms with Gasteiger partial charge in [0.25, 0.3) is 0 Å². The maximum atomic E-state index is 14.1. The minimum absolute atomic E-state index is 0.354. The molecule has 3 nitrogen and oxygen atoms in total. The van der Waals surface area contributed by atoms with Crippen molar-refractivity contribution in [1.82, 2.24) is 9.71 Å². The molecule has 0 bridgehead atoms. The van der Waals surface area contributed by atoms with Crippen LogP contribution in [-0.4, -0.2) is 14.3 Å². The Morgan fingerprint density at radius 2 is 2.11 bits per heavy atom. The number of pyridine rings is 1. The fourth-order valence-electron chi connectivity index (χ4n) is 2.01. The molecular weight excluding hydrogens is 331 g/mol. The molecule has 1 aliphatic carbocycles. The van der Waals surface area contributed by atoms with Crippen LogP contribution < -0.4 is 4.72 Å². The molecule has 19 heavy (non-hydrogen) atoms. The topological polar surface area (TPSA) is 48.0 Å². The summed E-state index contributed by atoms with van der Waals surface area (Å²) in [4.78, 5) is 4.19. The zero-order chi connectivity index (χ0) is 14.3. The van der Waals surface area contributed by atoms with Crippen LogP contribution in [0.1, 0.15) is 45.7 Å². The van der Waals surface area contributed by atoms with Gasteiger partial charge in [-0.15, -0.1) is 4.72 Å². The molecule has 1 aromatic rings. The summed E-state index contributed by atoms with van der Waals surface area (Å²) in [6.07, 6.45) is 4.10. The molecule has 1 N–H and O–H groups in total. The second-order valence-electron chi connectivity index (χ2n) is 5.90. The van der Waals surface area contributed by atoms with E-state index in [1.165, 1.54) is 6.07 Å². The van der Waals surface area contributed by atoms with Crippen molar-refractivity contribution in [2.45, 2.75) is 50.3 Å². The van der Waals surface area contributed by atoms with Crippen molar-refractivity contribution in [3.63, 3.8) is 0 Å². The Bertz CT molecular complexity index is 474. The van der Waals surface area contributed by atoms with E-state index >= 15 is 0 Å². The number of aromatic nitrogens is 1. The summed E-state index contributed by atoms with van der Waals surface area (Å²) < 4.78 is 29.7. The Morgan fingerprint density at radius 1 is 1.47 bits per heavy atom. The lowest BCUT2D eigenvalue weighted by Crippen LogP contribution is -2.55. The van der Waals surface area contributed by atoms with Gasteiger partial charge >= 0.3 is 0 Å². The largest absolute Gasteiger partial charge is 0.598 e. The molecule has 0 aromatic carbocycles. The minimum Gasteiger partial charge on any atom is -0.598 e. The van der Waals surface area contributed by atoms with Gasteiger partial charge in [0.1, 0.15) is 21.8 Å². The molecule has 6 heteroatoms. The van der Waals surface area contributed by atoms with Crippen molar-refractivity contribution < 1.29 is 8.94 Å². The number of halogens is 2. The van der Waals surface area contributed by atoms with Gasteiger partial charge in [-0.1, -0.05) is 0 Å². The number of hydrogen-bond donors (Lipinski definition) is 1. The number of nitrogens with one attached hydrogen (secondary N) is 1. The van der Waals surface area contributed by atoms with Gasteiger partial charge in [0.15, 0.2) is 0 Å². The fraction of sp³-hybridized carbons (Fsp3) is 0.615. The van der Waals surface area contributed by atoms with Crippen LogP contribution in [0.2, 0.25) is 0 Å². The molecule has 1 fully saturated rings. The highest BCUT2D eigenvalue weighted by atomic mass is 79.9. The van der Waals surface area contributed by atoms with Gasteiger partial charge in [0.05, 0.1) is 0 Å². The zero-order valence-electron chi connectivity index (χ0n) is 11.3. The Morgan fingerprint density at radius 3 is 2.53 bits per heavy atom. The third-order valence-corrected chi connectivity index (χ3v) is 5.43. The van der Waals surface area contributed by atoms with Crippen molar-refractivity contribution >= 4 is 27.3 Å². The van der Waals surface area contributed by atoms with E-state index in [4.69, 9.17) is 0 Å². The average Bonchev–Trinajstić information content (AvgIpc) is 2.22. The van der Waals surface area contributed by atoms with E-state index in [9.17, 15) is 8.94 Å². The molecule has 0 aliphatic heterocycles. The maximum absolute atomic E-state index is 14.1. The highest BCUT2D eigenvalue weighted by Crippen LogP contribution is 2.43. The van der Waals surface area contributed by atoms with Crippen molar-refractivity contribution in [3.8, 4) is 0 Å². The fourth-order valence-corrected chi connectivity index (χ4v) is 3.28. The Hall–Kier alpha value is -0.170. The summed E-state index contributed by atoms with van der Waals surface area (Å²) in [5, 5.41) is 0. The molecule has 1 aliphatic rings. The van der Waals surface area contributed by atoms with Gasteiger partial charge in [-0.2, -0.15) is 0 Å². The Labute approximate surface area is 124 Å². The van der Waals surface area contributed by atoms with Crippen molar-refractivity contribution in [1.29, 1.82) is 0 Å². The predicted molar refractivity (Wildman–Crippen MR) is 78.5 cm³/mol. The van der Waals surface area contributed by atoms with E-state index in [0.717, 1.165) is 19.3 Å². The van der Waals surface area contributed by atoms with Crippen LogP contribution in [0.3, 0.4) is 0 Å². The monoisotopic (exact) mass is 348 g/mol. The first-order valence-corrected chi connectivity index (χ1v) is 8.20. The molecule has 0 radical (unpaired) electrons. The van der Waals surface area contributed by atoms with Crippen LogP contribution in [0.15, 0.2) is 16.7 Å². The minimum atomic E-state index is -1.24. The molecule has 1 atom stereocenters. The quantitative estimate of drug-likeness (QED) is 0.851. The van der Waals surface area contributed by atoms with Gasteiger partial charge in [0.2, 0.25) is 0 Å². The molecule has 1 unspecified atom stereocenters. The first-order chi connectivity index (χ1) is 8.74. The first kappa shape index (κ1) is 15.2. The lowest BCUT2D eigenvalue weighted by Gasteiger charge is -2.43. The molecule has 0 spiro atoms. The van der Waals surface area contributed by atoms with Crippen molar-refractivity contribution in [2.75, 3.05) is 0 Å². The summed E-state index contributed by atoms with van der Waals surface area (Å²) in [6, 6.07) is 1.41. The molecule has 0 amide bonds. The van der Waals surface area contributed by atoms with Gasteiger partial charge in [-0.3, -0.25) is 4.98 Å². The summed E-state index contributed by atoms with van der Waals surface area (Å²) in [6.45, 7) is 5.69. The summed E-state index contributed by atoms with van der Waals surface area (Å²) in [5.41, 5.74) is -0.206. The van der Waals surface area contributed by atoms with Gasteiger partial charge in [0, 0.05) is 22.0 Å². The molecule has 2 rings (SSSR count). The van der Waals surface area contributed by atoms with Gasteiger partial charge in [-0.05, 0) is 62.0 Å². The van der Waals surface area contributed by atoms with Crippen molar-refractivity contribution in [2.24, 2.45) is 0 Å². The maximum Gasteiger partial charge on any atom is 0.147 e. The normalized spacial score (nSPS) is 19.9. The van der Waals surface area contributed by atoms with Crippen LogP contribution in [0.4, 0.5) is 4.39 Å². The molecule has 1 saturated carbocycles. The van der Waals surface area contributed by atoms with Gasteiger partial charge in [-0.25, -0.2) is 4.39 Å². The third-order valence-electron chi connectivity index (χ3n) is 3.31.